The quantitative estimate of drug-likeness (QED) is 0.858. The van der Waals surface area contributed by atoms with Crippen molar-refractivity contribution in [3.8, 4) is 0 Å². The molecule has 0 aromatic heterocycles. The molecule has 1 aromatic carbocycles. The van der Waals surface area contributed by atoms with Crippen molar-refractivity contribution in [2.24, 2.45) is 0 Å². The lowest BCUT2D eigenvalue weighted by atomic mass is 10.1. The molecule has 0 saturated heterocycles. The third kappa shape index (κ3) is 1.49. The number of carbonyl (C=O) groups excluding carboxylic acids is 1. The van der Waals surface area contributed by atoms with E-state index in [0.717, 1.165) is 5.56 Å². The van der Waals surface area contributed by atoms with E-state index in [1.54, 1.807) is 0 Å². The summed E-state index contributed by atoms with van der Waals surface area (Å²) in [6.07, 6.45) is 4.99. The summed E-state index contributed by atoms with van der Waals surface area (Å²) >= 11 is 0. The van der Waals surface area contributed by atoms with Crippen molar-refractivity contribution in [1.82, 2.24) is 10.2 Å². The van der Waals surface area contributed by atoms with Gasteiger partial charge in [0.25, 0.3) is 5.91 Å². The van der Waals surface area contributed by atoms with Crippen LogP contribution < -0.4 is 5.32 Å². The second-order valence-corrected chi connectivity index (χ2v) is 5.37. The van der Waals surface area contributed by atoms with Crippen molar-refractivity contribution in [3.63, 3.8) is 0 Å². The molecule has 2 fully saturated rings. The van der Waals surface area contributed by atoms with Crippen LogP contribution >= 0.6 is 0 Å². The Labute approximate surface area is 101 Å². The molecule has 17 heavy (non-hydrogen) atoms. The van der Waals surface area contributed by atoms with Crippen LogP contribution in [0.25, 0.3) is 0 Å². The number of carbonyl (C=O) groups is 1. The van der Waals surface area contributed by atoms with E-state index >= 15 is 0 Å². The van der Waals surface area contributed by atoms with Crippen LogP contribution in [0.5, 0.6) is 0 Å². The van der Waals surface area contributed by atoms with Gasteiger partial charge in [-0.2, -0.15) is 0 Å². The van der Waals surface area contributed by atoms with Crippen LogP contribution in [0.4, 0.5) is 0 Å². The van der Waals surface area contributed by atoms with Crippen molar-refractivity contribution in [2.45, 2.75) is 43.9 Å². The summed E-state index contributed by atoms with van der Waals surface area (Å²) in [6.45, 7) is 0. The van der Waals surface area contributed by atoms with Gasteiger partial charge in [0.05, 0.1) is 0 Å². The number of fused-ring (bicyclic) bond motifs is 1. The van der Waals surface area contributed by atoms with Crippen molar-refractivity contribution in [2.75, 3.05) is 0 Å². The standard InChI is InChI=1S/C14H16N2O/c17-14-12-4-2-1-3-11(12)13(15-9-5-6-9)16(14)10-7-8-10/h1-4,9-10,13,15H,5-8H2. The number of amides is 1. The summed E-state index contributed by atoms with van der Waals surface area (Å²) in [4.78, 5) is 14.4. The number of hydrogen-bond donors (Lipinski definition) is 1. The Hall–Kier alpha value is -1.35. The molecule has 1 aromatic rings. The summed E-state index contributed by atoms with van der Waals surface area (Å²) in [6, 6.07) is 9.15. The third-order valence-corrected chi connectivity index (χ3v) is 3.91. The Kier molecular flexibility index (Phi) is 1.89. The van der Waals surface area contributed by atoms with Gasteiger partial charge < -0.3 is 4.90 Å². The molecule has 0 spiro atoms. The first-order valence-electron chi connectivity index (χ1n) is 6.52. The highest BCUT2D eigenvalue weighted by Gasteiger charge is 2.45. The molecule has 0 bridgehead atoms. The van der Waals surface area contributed by atoms with Crippen LogP contribution in [-0.4, -0.2) is 22.9 Å². The lowest BCUT2D eigenvalue weighted by Gasteiger charge is -2.26. The largest absolute Gasteiger partial charge is 0.316 e. The van der Waals surface area contributed by atoms with Gasteiger partial charge >= 0.3 is 0 Å². The fourth-order valence-corrected chi connectivity index (χ4v) is 2.71. The molecule has 3 aliphatic rings. The summed E-state index contributed by atoms with van der Waals surface area (Å²) in [5.41, 5.74) is 2.08. The summed E-state index contributed by atoms with van der Waals surface area (Å²) in [5, 5.41) is 3.62. The van der Waals surface area contributed by atoms with E-state index in [2.05, 4.69) is 16.3 Å². The van der Waals surface area contributed by atoms with Gasteiger partial charge in [0.15, 0.2) is 0 Å². The SMILES string of the molecule is O=C1c2ccccc2C(NC2CC2)N1C1CC1. The molecule has 1 atom stereocenters. The van der Waals surface area contributed by atoms with E-state index in [0.29, 0.717) is 12.1 Å². The van der Waals surface area contributed by atoms with Crippen LogP contribution in [0.2, 0.25) is 0 Å². The molecule has 88 valence electrons. The molecule has 3 nitrogen and oxygen atoms in total. The van der Waals surface area contributed by atoms with E-state index in [4.69, 9.17) is 0 Å². The molecule has 1 N–H and O–H groups in total. The average molecular weight is 228 g/mol. The van der Waals surface area contributed by atoms with Crippen LogP contribution in [0.3, 0.4) is 0 Å². The second kappa shape index (κ2) is 3.33. The Morgan fingerprint density at radius 1 is 1.12 bits per heavy atom. The van der Waals surface area contributed by atoms with E-state index in [1.807, 2.05) is 18.2 Å². The van der Waals surface area contributed by atoms with Crippen molar-refractivity contribution >= 4 is 5.91 Å². The molecule has 2 aliphatic carbocycles. The average Bonchev–Trinajstić information content (AvgIpc) is 3.22. The highest BCUT2D eigenvalue weighted by atomic mass is 16.2. The number of nitrogens with one attached hydrogen (secondary N) is 1. The number of benzene rings is 1. The maximum Gasteiger partial charge on any atom is 0.256 e. The van der Waals surface area contributed by atoms with Gasteiger partial charge in [-0.3, -0.25) is 10.1 Å². The monoisotopic (exact) mass is 228 g/mol. The van der Waals surface area contributed by atoms with Gasteiger partial charge in [0, 0.05) is 23.2 Å². The molecule has 0 radical (unpaired) electrons. The maximum atomic E-state index is 12.4. The predicted molar refractivity (Wildman–Crippen MR) is 64.5 cm³/mol. The van der Waals surface area contributed by atoms with E-state index in [-0.39, 0.29) is 12.1 Å². The highest BCUT2D eigenvalue weighted by molar-refractivity contribution is 5.99. The summed E-state index contributed by atoms with van der Waals surface area (Å²) in [7, 11) is 0. The van der Waals surface area contributed by atoms with Gasteiger partial charge in [-0.15, -0.1) is 0 Å². The zero-order chi connectivity index (χ0) is 11.4. The summed E-state index contributed by atoms with van der Waals surface area (Å²) < 4.78 is 0. The fourth-order valence-electron chi connectivity index (χ4n) is 2.71. The molecular formula is C14H16N2O. The van der Waals surface area contributed by atoms with E-state index < -0.39 is 0 Å². The highest BCUT2D eigenvalue weighted by Crippen LogP contribution is 2.41. The van der Waals surface area contributed by atoms with Gasteiger partial charge in [0.2, 0.25) is 0 Å². The van der Waals surface area contributed by atoms with Crippen LogP contribution in [0.15, 0.2) is 24.3 Å². The smallest absolute Gasteiger partial charge is 0.256 e. The minimum atomic E-state index is 0.138. The molecule has 1 heterocycles. The predicted octanol–water partition coefficient (Wildman–Crippen LogP) is 2.06. The Morgan fingerprint density at radius 2 is 1.88 bits per heavy atom. The number of rotatable bonds is 3. The Bertz CT molecular complexity index is 477. The van der Waals surface area contributed by atoms with Crippen LogP contribution in [0, 0.1) is 0 Å². The zero-order valence-corrected chi connectivity index (χ0v) is 9.73. The normalized spacial score (nSPS) is 27.4. The molecule has 1 amide bonds. The zero-order valence-electron chi connectivity index (χ0n) is 9.73. The second-order valence-electron chi connectivity index (χ2n) is 5.37. The van der Waals surface area contributed by atoms with Crippen molar-refractivity contribution in [1.29, 1.82) is 0 Å². The number of hydrogen-bond acceptors (Lipinski definition) is 2. The minimum absolute atomic E-state index is 0.138. The number of nitrogens with zero attached hydrogens (tertiary/aromatic N) is 1. The summed E-state index contributed by atoms with van der Waals surface area (Å²) in [5.74, 6) is 0.223. The van der Waals surface area contributed by atoms with Gasteiger partial charge in [-0.05, 0) is 31.7 Å². The lowest BCUT2D eigenvalue weighted by Crippen LogP contribution is -2.39. The van der Waals surface area contributed by atoms with E-state index in [9.17, 15) is 4.79 Å². The molecule has 4 rings (SSSR count). The van der Waals surface area contributed by atoms with Crippen molar-refractivity contribution in [3.05, 3.63) is 35.4 Å². The minimum Gasteiger partial charge on any atom is -0.316 e. The van der Waals surface area contributed by atoms with Crippen LogP contribution in [0.1, 0.15) is 47.8 Å². The molecule has 1 aliphatic heterocycles. The Balaban J connectivity index is 1.74. The van der Waals surface area contributed by atoms with Gasteiger partial charge in [-0.1, -0.05) is 18.2 Å². The fraction of sp³-hybridized carbons (Fsp3) is 0.500. The van der Waals surface area contributed by atoms with Gasteiger partial charge in [-0.25, -0.2) is 0 Å². The van der Waals surface area contributed by atoms with Gasteiger partial charge in [0.1, 0.15) is 6.17 Å². The first-order chi connectivity index (χ1) is 8.34. The topological polar surface area (TPSA) is 32.3 Å². The molecule has 1 unspecified atom stereocenters. The maximum absolute atomic E-state index is 12.4. The van der Waals surface area contributed by atoms with Crippen molar-refractivity contribution < 1.29 is 4.79 Å². The van der Waals surface area contributed by atoms with E-state index in [1.165, 1.54) is 31.2 Å². The molecule has 3 heteroatoms. The van der Waals surface area contributed by atoms with Crippen LogP contribution in [-0.2, 0) is 0 Å². The first-order valence-corrected chi connectivity index (χ1v) is 6.52. The molecular weight excluding hydrogens is 212 g/mol. The first kappa shape index (κ1) is 9.66. The Morgan fingerprint density at radius 3 is 2.59 bits per heavy atom. The third-order valence-electron chi connectivity index (χ3n) is 3.91. The lowest BCUT2D eigenvalue weighted by molar-refractivity contribution is 0.0675. The molecule has 2 saturated carbocycles.